The van der Waals surface area contributed by atoms with E-state index in [0.717, 1.165) is 55.7 Å². The first-order valence-electron chi connectivity index (χ1n) is 11.9. The summed E-state index contributed by atoms with van der Waals surface area (Å²) >= 11 is 0. The number of likely N-dealkylation sites (tertiary alicyclic amines) is 1. The van der Waals surface area contributed by atoms with Gasteiger partial charge in [0.2, 0.25) is 0 Å². The number of rotatable bonds is 2. The van der Waals surface area contributed by atoms with E-state index in [1.165, 1.54) is 0 Å². The molecule has 2 saturated heterocycles. The number of hydrogen-bond donors (Lipinski definition) is 0. The van der Waals surface area contributed by atoms with Crippen molar-refractivity contribution in [2.24, 2.45) is 23.2 Å². The molecule has 3 aliphatic heterocycles. The molecule has 0 aromatic carbocycles. The highest BCUT2D eigenvalue weighted by Gasteiger charge is 2.54. The lowest BCUT2D eigenvalue weighted by Gasteiger charge is -2.45. The Hall–Kier alpha value is -2.47. The zero-order chi connectivity index (χ0) is 22.2. The number of pyridine rings is 1. The van der Waals surface area contributed by atoms with E-state index >= 15 is 0 Å². The van der Waals surface area contributed by atoms with Crippen LogP contribution in [0.2, 0.25) is 0 Å². The van der Waals surface area contributed by atoms with Crippen LogP contribution in [0.5, 0.6) is 0 Å². The Morgan fingerprint density at radius 3 is 2.84 bits per heavy atom. The number of carbonyl (C=O) groups is 2. The maximum Gasteiger partial charge on any atom is 0.311 e. The van der Waals surface area contributed by atoms with E-state index in [1.54, 1.807) is 12.1 Å². The molecular weight excluding hydrogens is 404 g/mol. The van der Waals surface area contributed by atoms with Crippen molar-refractivity contribution in [1.82, 2.24) is 9.47 Å². The SMILES string of the molecule is CC1=C2[C@H]3OC(=O)[C@H](CN4C[C@H]5C[C@@H](C4)c4cccc(=O)n4C5)[C@@H]3CC[C@@]2(C)C=CC1=O. The molecule has 32 heavy (non-hydrogen) atoms. The molecule has 2 aliphatic carbocycles. The van der Waals surface area contributed by atoms with E-state index in [1.807, 2.05) is 23.6 Å². The molecule has 0 spiro atoms. The van der Waals surface area contributed by atoms with Gasteiger partial charge in [-0.2, -0.15) is 0 Å². The molecule has 0 amide bonds. The van der Waals surface area contributed by atoms with Gasteiger partial charge in [0.1, 0.15) is 6.10 Å². The summed E-state index contributed by atoms with van der Waals surface area (Å²) in [6.45, 7) is 7.31. The second-order valence-corrected chi connectivity index (χ2v) is 10.7. The summed E-state index contributed by atoms with van der Waals surface area (Å²) in [5, 5.41) is 0. The van der Waals surface area contributed by atoms with Crippen LogP contribution in [-0.4, -0.2) is 47.0 Å². The Morgan fingerprint density at radius 2 is 2.00 bits per heavy atom. The van der Waals surface area contributed by atoms with Crippen molar-refractivity contribution in [3.8, 4) is 0 Å². The molecule has 5 aliphatic rings. The molecule has 6 rings (SSSR count). The molecule has 1 aromatic rings. The van der Waals surface area contributed by atoms with E-state index in [4.69, 9.17) is 4.74 Å². The van der Waals surface area contributed by atoms with Crippen LogP contribution in [0.15, 0.2) is 46.3 Å². The zero-order valence-corrected chi connectivity index (χ0v) is 18.8. The third kappa shape index (κ3) is 2.92. The molecule has 1 saturated carbocycles. The number of ether oxygens (including phenoxy) is 1. The third-order valence-corrected chi connectivity index (χ3v) is 8.73. The highest BCUT2D eigenvalue weighted by molar-refractivity contribution is 6.05. The summed E-state index contributed by atoms with van der Waals surface area (Å²) in [5.41, 5.74) is 2.83. The largest absolute Gasteiger partial charge is 0.457 e. The highest BCUT2D eigenvalue weighted by Crippen LogP contribution is 2.53. The van der Waals surface area contributed by atoms with Gasteiger partial charge in [0.25, 0.3) is 5.56 Å². The molecule has 3 fully saturated rings. The van der Waals surface area contributed by atoms with Gasteiger partial charge in [0.05, 0.1) is 5.92 Å². The molecule has 6 heteroatoms. The third-order valence-electron chi connectivity index (χ3n) is 8.73. The fourth-order valence-electron chi connectivity index (χ4n) is 7.20. The molecule has 6 nitrogen and oxygen atoms in total. The van der Waals surface area contributed by atoms with E-state index in [2.05, 4.69) is 17.9 Å². The average Bonchev–Trinajstić information content (AvgIpc) is 3.06. The molecule has 0 unspecified atom stereocenters. The topological polar surface area (TPSA) is 68.6 Å². The first kappa shape index (κ1) is 20.2. The molecular formula is C26H30N2O4. The van der Waals surface area contributed by atoms with Crippen LogP contribution in [0.25, 0.3) is 0 Å². The quantitative estimate of drug-likeness (QED) is 0.670. The second kappa shape index (κ2) is 7.01. The van der Waals surface area contributed by atoms with Gasteiger partial charge >= 0.3 is 5.97 Å². The van der Waals surface area contributed by atoms with Gasteiger partial charge in [-0.05, 0) is 49.8 Å². The summed E-state index contributed by atoms with van der Waals surface area (Å²) in [6.07, 6.45) is 6.41. The minimum atomic E-state index is -0.274. The van der Waals surface area contributed by atoms with Gasteiger partial charge in [0.15, 0.2) is 5.78 Å². The number of fused-ring (bicyclic) bond motifs is 7. The van der Waals surface area contributed by atoms with Gasteiger partial charge in [-0.3, -0.25) is 14.4 Å². The van der Waals surface area contributed by atoms with Gasteiger partial charge in [0, 0.05) is 60.8 Å². The lowest BCUT2D eigenvalue weighted by molar-refractivity contribution is -0.144. The summed E-state index contributed by atoms with van der Waals surface area (Å²) in [7, 11) is 0. The molecule has 4 heterocycles. The lowest BCUT2D eigenvalue weighted by atomic mass is 9.61. The van der Waals surface area contributed by atoms with Crippen molar-refractivity contribution in [2.45, 2.75) is 51.7 Å². The number of piperidine rings is 1. The van der Waals surface area contributed by atoms with Gasteiger partial charge in [-0.1, -0.05) is 19.1 Å². The van der Waals surface area contributed by atoms with E-state index < -0.39 is 0 Å². The van der Waals surface area contributed by atoms with Crippen LogP contribution in [-0.2, 0) is 20.9 Å². The van der Waals surface area contributed by atoms with Crippen LogP contribution in [0, 0.1) is 23.2 Å². The second-order valence-electron chi connectivity index (χ2n) is 10.7. The van der Waals surface area contributed by atoms with Crippen LogP contribution in [0.1, 0.15) is 44.7 Å². The summed E-state index contributed by atoms with van der Waals surface area (Å²) < 4.78 is 7.93. The maximum absolute atomic E-state index is 13.1. The average molecular weight is 435 g/mol. The van der Waals surface area contributed by atoms with Crippen LogP contribution < -0.4 is 5.56 Å². The Morgan fingerprint density at radius 1 is 1.16 bits per heavy atom. The number of aromatic nitrogens is 1. The maximum atomic E-state index is 13.1. The Labute approximate surface area is 187 Å². The minimum absolute atomic E-state index is 0.0374. The Bertz CT molecular complexity index is 1130. The van der Waals surface area contributed by atoms with Crippen molar-refractivity contribution < 1.29 is 14.3 Å². The van der Waals surface area contributed by atoms with Gasteiger partial charge < -0.3 is 14.2 Å². The van der Waals surface area contributed by atoms with Crippen molar-refractivity contribution in [1.29, 1.82) is 0 Å². The number of ketones is 1. The minimum Gasteiger partial charge on any atom is -0.457 e. The summed E-state index contributed by atoms with van der Waals surface area (Å²) in [4.78, 5) is 40.2. The van der Waals surface area contributed by atoms with Crippen molar-refractivity contribution in [3.05, 3.63) is 57.5 Å². The predicted molar refractivity (Wildman–Crippen MR) is 119 cm³/mol. The molecule has 1 aromatic heterocycles. The van der Waals surface area contributed by atoms with Crippen molar-refractivity contribution in [2.75, 3.05) is 19.6 Å². The molecule has 6 atom stereocenters. The zero-order valence-electron chi connectivity index (χ0n) is 18.8. The number of esters is 1. The Balaban J connectivity index is 1.24. The van der Waals surface area contributed by atoms with E-state index in [-0.39, 0.29) is 40.7 Å². The van der Waals surface area contributed by atoms with Crippen LogP contribution >= 0.6 is 0 Å². The number of nitrogens with zero attached hydrogens (tertiary/aromatic N) is 2. The highest BCUT2D eigenvalue weighted by atomic mass is 16.6. The molecule has 2 bridgehead atoms. The predicted octanol–water partition coefficient (Wildman–Crippen LogP) is 2.68. The summed E-state index contributed by atoms with van der Waals surface area (Å²) in [5.74, 6) is 0.689. The molecule has 0 radical (unpaired) electrons. The van der Waals surface area contributed by atoms with Gasteiger partial charge in [-0.25, -0.2) is 0 Å². The lowest BCUT2D eigenvalue weighted by Crippen LogP contribution is -2.49. The smallest absolute Gasteiger partial charge is 0.311 e. The number of hydrogen-bond acceptors (Lipinski definition) is 5. The molecule has 0 N–H and O–H groups in total. The first-order chi connectivity index (χ1) is 15.3. The molecule has 168 valence electrons. The van der Waals surface area contributed by atoms with Gasteiger partial charge in [-0.15, -0.1) is 0 Å². The normalized spacial score (nSPS) is 38.2. The summed E-state index contributed by atoms with van der Waals surface area (Å²) in [6, 6.07) is 5.59. The van der Waals surface area contributed by atoms with Crippen LogP contribution in [0.4, 0.5) is 0 Å². The fourth-order valence-corrected chi connectivity index (χ4v) is 7.20. The number of carbonyl (C=O) groups excluding carboxylic acids is 2. The van der Waals surface area contributed by atoms with Crippen molar-refractivity contribution in [3.63, 3.8) is 0 Å². The van der Waals surface area contributed by atoms with Crippen LogP contribution in [0.3, 0.4) is 0 Å². The standard InChI is InChI=1S/C26H30N2O4/c1-15-21(29)7-9-26(2)8-6-18-19(25(31)32-24(18)23(15)26)14-27-11-16-10-17(13-27)20-4-3-5-22(30)28(20)12-16/h3-5,7,9,16-19,24H,6,8,10-14H2,1-2H3/t16-,17+,18+,19-,24+,26+/m1/s1. The first-order valence-corrected chi connectivity index (χ1v) is 11.9. The van der Waals surface area contributed by atoms with E-state index in [0.29, 0.717) is 18.4 Å². The van der Waals surface area contributed by atoms with E-state index in [9.17, 15) is 14.4 Å². The fraction of sp³-hybridized carbons (Fsp3) is 0.577. The van der Waals surface area contributed by atoms with Crippen molar-refractivity contribution >= 4 is 11.8 Å². The number of allylic oxidation sites excluding steroid dienone is 3. The monoisotopic (exact) mass is 434 g/mol. The Kier molecular flexibility index (Phi) is 4.42.